The lowest BCUT2D eigenvalue weighted by Crippen LogP contribution is -2.39. The molecule has 1 rings (SSSR count). The van der Waals surface area contributed by atoms with Crippen LogP contribution in [0.3, 0.4) is 0 Å². The SMILES string of the molecule is CCNc1ccc(OC(C)(C)C(=O)OCC)cc1. The summed E-state index contributed by atoms with van der Waals surface area (Å²) < 4.78 is 10.6. The maximum atomic E-state index is 11.7. The van der Waals surface area contributed by atoms with Gasteiger partial charge in [0, 0.05) is 12.2 Å². The molecule has 0 unspecified atom stereocenters. The van der Waals surface area contributed by atoms with Gasteiger partial charge in [0.25, 0.3) is 0 Å². The Morgan fingerprint density at radius 2 is 1.83 bits per heavy atom. The smallest absolute Gasteiger partial charge is 0.349 e. The molecule has 4 nitrogen and oxygen atoms in total. The topological polar surface area (TPSA) is 47.6 Å². The van der Waals surface area contributed by atoms with Crippen molar-refractivity contribution in [3.8, 4) is 5.75 Å². The van der Waals surface area contributed by atoms with Crippen molar-refractivity contribution < 1.29 is 14.3 Å². The lowest BCUT2D eigenvalue weighted by Gasteiger charge is -2.24. The number of anilines is 1. The number of benzene rings is 1. The van der Waals surface area contributed by atoms with E-state index in [1.165, 1.54) is 0 Å². The molecule has 0 aliphatic rings. The quantitative estimate of drug-likeness (QED) is 0.790. The summed E-state index contributed by atoms with van der Waals surface area (Å²) in [5.41, 5.74) is 0.0502. The number of hydrogen-bond donors (Lipinski definition) is 1. The minimum Gasteiger partial charge on any atom is -0.476 e. The number of ether oxygens (including phenoxy) is 2. The molecule has 1 aromatic rings. The van der Waals surface area contributed by atoms with Crippen LogP contribution in [-0.2, 0) is 9.53 Å². The Kier molecular flexibility index (Phi) is 5.01. The number of esters is 1. The molecule has 0 saturated carbocycles. The predicted octanol–water partition coefficient (Wildman–Crippen LogP) is 2.84. The van der Waals surface area contributed by atoms with Gasteiger partial charge in [-0.15, -0.1) is 0 Å². The molecule has 0 bridgehead atoms. The Hall–Kier alpha value is -1.71. The van der Waals surface area contributed by atoms with E-state index in [0.717, 1.165) is 12.2 Å². The molecule has 0 saturated heterocycles. The average molecular weight is 251 g/mol. The number of rotatable bonds is 6. The van der Waals surface area contributed by atoms with Crippen LogP contribution in [0.25, 0.3) is 0 Å². The molecular formula is C14H21NO3. The standard InChI is InChI=1S/C14H21NO3/c1-5-15-11-7-9-12(10-8-11)18-14(3,4)13(16)17-6-2/h7-10,15H,5-6H2,1-4H3. The molecule has 18 heavy (non-hydrogen) atoms. The van der Waals surface area contributed by atoms with Gasteiger partial charge in [-0.1, -0.05) is 0 Å². The van der Waals surface area contributed by atoms with Crippen LogP contribution >= 0.6 is 0 Å². The van der Waals surface area contributed by atoms with E-state index in [1.54, 1.807) is 20.8 Å². The Morgan fingerprint density at radius 1 is 1.22 bits per heavy atom. The fourth-order valence-electron chi connectivity index (χ4n) is 1.49. The highest BCUT2D eigenvalue weighted by atomic mass is 16.6. The fourth-order valence-corrected chi connectivity index (χ4v) is 1.49. The van der Waals surface area contributed by atoms with Crippen molar-refractivity contribution in [1.82, 2.24) is 0 Å². The highest BCUT2D eigenvalue weighted by Gasteiger charge is 2.31. The van der Waals surface area contributed by atoms with E-state index in [-0.39, 0.29) is 5.97 Å². The van der Waals surface area contributed by atoms with E-state index in [4.69, 9.17) is 9.47 Å². The highest BCUT2D eigenvalue weighted by molar-refractivity contribution is 5.79. The zero-order valence-electron chi connectivity index (χ0n) is 11.4. The summed E-state index contributed by atoms with van der Waals surface area (Å²) in [5, 5.41) is 3.19. The maximum absolute atomic E-state index is 11.7. The minimum atomic E-state index is -0.976. The average Bonchev–Trinajstić information content (AvgIpc) is 2.32. The molecule has 4 heteroatoms. The zero-order chi connectivity index (χ0) is 13.6. The first-order chi connectivity index (χ1) is 8.49. The van der Waals surface area contributed by atoms with Gasteiger partial charge in [-0.05, 0) is 52.0 Å². The number of carbonyl (C=O) groups is 1. The van der Waals surface area contributed by atoms with Crippen LogP contribution in [0.2, 0.25) is 0 Å². The molecule has 0 fully saturated rings. The second kappa shape index (κ2) is 6.28. The van der Waals surface area contributed by atoms with Gasteiger partial charge in [0.15, 0.2) is 5.60 Å². The summed E-state index contributed by atoms with van der Waals surface area (Å²) in [6.45, 7) is 8.43. The van der Waals surface area contributed by atoms with Crippen molar-refractivity contribution in [2.45, 2.75) is 33.3 Å². The van der Waals surface area contributed by atoms with Crippen molar-refractivity contribution >= 4 is 11.7 Å². The molecule has 0 aliphatic carbocycles. The fraction of sp³-hybridized carbons (Fsp3) is 0.500. The Labute approximate surface area is 108 Å². The van der Waals surface area contributed by atoms with E-state index in [0.29, 0.717) is 12.4 Å². The van der Waals surface area contributed by atoms with Gasteiger partial charge in [-0.25, -0.2) is 4.79 Å². The van der Waals surface area contributed by atoms with Gasteiger partial charge < -0.3 is 14.8 Å². The summed E-state index contributed by atoms with van der Waals surface area (Å²) in [6.07, 6.45) is 0. The lowest BCUT2D eigenvalue weighted by atomic mass is 10.1. The first-order valence-electron chi connectivity index (χ1n) is 6.19. The Bertz CT molecular complexity index is 385. The van der Waals surface area contributed by atoms with E-state index in [1.807, 2.05) is 31.2 Å². The molecule has 0 amide bonds. The molecule has 1 aromatic carbocycles. The van der Waals surface area contributed by atoms with Crippen LogP contribution in [0.15, 0.2) is 24.3 Å². The summed E-state index contributed by atoms with van der Waals surface area (Å²) in [5.74, 6) is 0.287. The minimum absolute atomic E-state index is 0.352. The van der Waals surface area contributed by atoms with Crippen LogP contribution in [0, 0.1) is 0 Å². The van der Waals surface area contributed by atoms with Crippen molar-refractivity contribution in [2.24, 2.45) is 0 Å². The first-order valence-corrected chi connectivity index (χ1v) is 6.19. The highest BCUT2D eigenvalue weighted by Crippen LogP contribution is 2.21. The molecule has 0 spiro atoms. The summed E-state index contributed by atoms with van der Waals surface area (Å²) in [7, 11) is 0. The zero-order valence-corrected chi connectivity index (χ0v) is 11.4. The summed E-state index contributed by atoms with van der Waals surface area (Å²) in [4.78, 5) is 11.7. The van der Waals surface area contributed by atoms with E-state index in [2.05, 4.69) is 5.32 Å². The molecule has 0 atom stereocenters. The van der Waals surface area contributed by atoms with Gasteiger partial charge in [0.05, 0.1) is 6.61 Å². The van der Waals surface area contributed by atoms with Crippen molar-refractivity contribution in [3.63, 3.8) is 0 Å². The van der Waals surface area contributed by atoms with E-state index < -0.39 is 5.60 Å². The van der Waals surface area contributed by atoms with Gasteiger partial charge in [-0.2, -0.15) is 0 Å². The van der Waals surface area contributed by atoms with Crippen molar-refractivity contribution in [1.29, 1.82) is 0 Å². The molecule has 100 valence electrons. The molecule has 0 heterocycles. The molecule has 0 aromatic heterocycles. The van der Waals surface area contributed by atoms with E-state index in [9.17, 15) is 4.79 Å². The van der Waals surface area contributed by atoms with Gasteiger partial charge >= 0.3 is 5.97 Å². The lowest BCUT2D eigenvalue weighted by molar-refractivity contribution is -0.158. The van der Waals surface area contributed by atoms with Crippen LogP contribution < -0.4 is 10.1 Å². The Balaban J connectivity index is 2.68. The first kappa shape index (κ1) is 14.4. The van der Waals surface area contributed by atoms with Crippen LogP contribution in [0.1, 0.15) is 27.7 Å². The molecule has 0 aliphatic heterocycles. The predicted molar refractivity (Wildman–Crippen MR) is 71.9 cm³/mol. The van der Waals surface area contributed by atoms with Gasteiger partial charge in [0.2, 0.25) is 0 Å². The number of carbonyl (C=O) groups excluding carboxylic acids is 1. The molecule has 0 radical (unpaired) electrons. The normalized spacial score (nSPS) is 10.9. The second-order valence-corrected chi connectivity index (χ2v) is 4.39. The van der Waals surface area contributed by atoms with Crippen molar-refractivity contribution in [3.05, 3.63) is 24.3 Å². The third-order valence-corrected chi connectivity index (χ3v) is 2.38. The van der Waals surface area contributed by atoms with Crippen LogP contribution in [0.5, 0.6) is 5.75 Å². The van der Waals surface area contributed by atoms with Crippen LogP contribution in [-0.4, -0.2) is 24.7 Å². The summed E-state index contributed by atoms with van der Waals surface area (Å²) >= 11 is 0. The number of hydrogen-bond acceptors (Lipinski definition) is 4. The number of nitrogens with one attached hydrogen (secondary N) is 1. The maximum Gasteiger partial charge on any atom is 0.349 e. The third kappa shape index (κ3) is 3.95. The van der Waals surface area contributed by atoms with E-state index >= 15 is 0 Å². The largest absolute Gasteiger partial charge is 0.476 e. The molecule has 1 N–H and O–H groups in total. The summed E-state index contributed by atoms with van der Waals surface area (Å²) in [6, 6.07) is 7.50. The third-order valence-electron chi connectivity index (χ3n) is 2.38. The monoisotopic (exact) mass is 251 g/mol. The van der Waals surface area contributed by atoms with Crippen LogP contribution in [0.4, 0.5) is 5.69 Å². The van der Waals surface area contributed by atoms with Gasteiger partial charge in [-0.3, -0.25) is 0 Å². The Morgan fingerprint density at radius 3 is 2.33 bits per heavy atom. The second-order valence-electron chi connectivity index (χ2n) is 4.39. The van der Waals surface area contributed by atoms with Crippen molar-refractivity contribution in [2.75, 3.05) is 18.5 Å². The van der Waals surface area contributed by atoms with Gasteiger partial charge in [0.1, 0.15) is 5.75 Å². The molecular weight excluding hydrogens is 230 g/mol.